The molecule has 0 N–H and O–H groups in total. The van der Waals surface area contributed by atoms with Gasteiger partial charge in [-0.15, -0.1) is 0 Å². The van der Waals surface area contributed by atoms with Crippen LogP contribution in [-0.2, 0) is 0 Å². The molecule has 0 amide bonds. The lowest BCUT2D eigenvalue weighted by molar-refractivity contribution is -0.0882. The fourth-order valence-corrected chi connectivity index (χ4v) is 1.20. The van der Waals surface area contributed by atoms with E-state index in [0.29, 0.717) is 6.42 Å². The monoisotopic (exact) mass is 218 g/mol. The normalized spacial score (nSPS) is 14.9. The van der Waals surface area contributed by atoms with Gasteiger partial charge in [0.1, 0.15) is 0 Å². The molecule has 0 aromatic heterocycles. The van der Waals surface area contributed by atoms with Crippen LogP contribution in [0.15, 0.2) is 35.5 Å². The summed E-state index contributed by atoms with van der Waals surface area (Å²) in [5.41, 5.74) is 1.05. The molecule has 0 aromatic rings. The van der Waals surface area contributed by atoms with Crippen molar-refractivity contribution in [1.29, 1.82) is 0 Å². The molecule has 0 spiro atoms. The summed E-state index contributed by atoms with van der Waals surface area (Å²) in [5.74, 6) is 0. The van der Waals surface area contributed by atoms with Crippen LogP contribution in [0.1, 0.15) is 33.6 Å². The molecule has 0 nitrogen and oxygen atoms in total. The Labute approximate surface area is 89.2 Å². The molecule has 0 aliphatic heterocycles. The number of rotatable bonds is 4. The van der Waals surface area contributed by atoms with Gasteiger partial charge in [-0.1, -0.05) is 32.1 Å². The smallest absolute Gasteiger partial charge is 0.166 e. The van der Waals surface area contributed by atoms with Gasteiger partial charge in [0.2, 0.25) is 0 Å². The first-order valence-electron chi connectivity index (χ1n) is 4.96. The van der Waals surface area contributed by atoms with Crippen molar-refractivity contribution in [2.24, 2.45) is 0 Å². The first kappa shape index (κ1) is 14.0. The molecule has 3 heteroatoms. The zero-order chi connectivity index (χ0) is 12.1. The molecule has 0 aromatic carbocycles. The summed E-state index contributed by atoms with van der Waals surface area (Å²) >= 11 is 0. The van der Waals surface area contributed by atoms with E-state index in [0.717, 1.165) is 23.6 Å². The lowest BCUT2D eigenvalue weighted by Crippen LogP contribution is -2.10. The summed E-state index contributed by atoms with van der Waals surface area (Å²) in [6.45, 7) is 8.82. The standard InChI is InChI=1S/C12H17F3/c1-5-9(4)10(6-2)8-11(7-3)12(13,14)15/h7-8H,3,5-6H2,1-2,4H3/b10-9+,11-8+. The highest BCUT2D eigenvalue weighted by Gasteiger charge is 2.31. The Bertz CT molecular complexity index is 280. The Balaban J connectivity index is 5.23. The topological polar surface area (TPSA) is 0 Å². The van der Waals surface area contributed by atoms with Gasteiger partial charge in [0.25, 0.3) is 0 Å². The molecule has 0 radical (unpaired) electrons. The second kappa shape index (κ2) is 5.79. The molecule has 0 unspecified atom stereocenters. The van der Waals surface area contributed by atoms with Crippen LogP contribution in [0, 0.1) is 0 Å². The Morgan fingerprint density at radius 2 is 1.73 bits per heavy atom. The molecule has 0 fully saturated rings. The Morgan fingerprint density at radius 1 is 1.20 bits per heavy atom. The van der Waals surface area contributed by atoms with Crippen molar-refractivity contribution in [1.82, 2.24) is 0 Å². The first-order valence-corrected chi connectivity index (χ1v) is 4.96. The highest BCUT2D eigenvalue weighted by Crippen LogP contribution is 2.28. The molecule has 0 rings (SSSR count). The molecular formula is C12H17F3. The minimum Gasteiger partial charge on any atom is -0.166 e. The van der Waals surface area contributed by atoms with Gasteiger partial charge in [0.15, 0.2) is 0 Å². The van der Waals surface area contributed by atoms with Crippen LogP contribution < -0.4 is 0 Å². The lowest BCUT2D eigenvalue weighted by Gasteiger charge is -2.10. The second-order valence-electron chi connectivity index (χ2n) is 3.31. The number of allylic oxidation sites excluding steroid dienone is 5. The molecule has 0 saturated carbocycles. The van der Waals surface area contributed by atoms with Crippen LogP contribution in [0.5, 0.6) is 0 Å². The lowest BCUT2D eigenvalue weighted by atomic mass is 10.0. The molecule has 0 saturated heterocycles. The largest absolute Gasteiger partial charge is 0.416 e. The summed E-state index contributed by atoms with van der Waals surface area (Å²) in [6.07, 6.45) is -0.893. The second-order valence-corrected chi connectivity index (χ2v) is 3.31. The van der Waals surface area contributed by atoms with Gasteiger partial charge >= 0.3 is 6.18 Å². The van der Waals surface area contributed by atoms with Gasteiger partial charge in [-0.2, -0.15) is 13.2 Å². The van der Waals surface area contributed by atoms with E-state index >= 15 is 0 Å². The molecule has 86 valence electrons. The summed E-state index contributed by atoms with van der Waals surface area (Å²) in [4.78, 5) is 0. The van der Waals surface area contributed by atoms with Crippen LogP contribution in [0.4, 0.5) is 13.2 Å². The summed E-state index contributed by atoms with van der Waals surface area (Å²) in [7, 11) is 0. The van der Waals surface area contributed by atoms with Gasteiger partial charge in [-0.05, 0) is 31.4 Å². The Kier molecular flexibility index (Phi) is 5.40. The van der Waals surface area contributed by atoms with E-state index in [1.165, 1.54) is 6.08 Å². The van der Waals surface area contributed by atoms with E-state index < -0.39 is 11.7 Å². The Hall–Kier alpha value is -0.990. The fourth-order valence-electron chi connectivity index (χ4n) is 1.20. The fraction of sp³-hybridized carbons (Fsp3) is 0.500. The predicted molar refractivity (Wildman–Crippen MR) is 57.6 cm³/mol. The molecule has 15 heavy (non-hydrogen) atoms. The maximum atomic E-state index is 12.4. The van der Waals surface area contributed by atoms with E-state index in [-0.39, 0.29) is 0 Å². The predicted octanol–water partition coefficient (Wildman–Crippen LogP) is 4.80. The van der Waals surface area contributed by atoms with Crippen LogP contribution in [-0.4, -0.2) is 6.18 Å². The van der Waals surface area contributed by atoms with E-state index in [1.807, 2.05) is 20.8 Å². The highest BCUT2D eigenvalue weighted by molar-refractivity contribution is 5.34. The number of halogens is 3. The van der Waals surface area contributed by atoms with Gasteiger partial charge in [-0.3, -0.25) is 0 Å². The van der Waals surface area contributed by atoms with E-state index in [9.17, 15) is 13.2 Å². The molecular weight excluding hydrogens is 201 g/mol. The van der Waals surface area contributed by atoms with Crippen molar-refractivity contribution in [3.05, 3.63) is 35.5 Å². The number of hydrogen-bond acceptors (Lipinski definition) is 0. The summed E-state index contributed by atoms with van der Waals surface area (Å²) in [5, 5.41) is 0. The summed E-state index contributed by atoms with van der Waals surface area (Å²) < 4.78 is 37.3. The third-order valence-electron chi connectivity index (χ3n) is 2.34. The summed E-state index contributed by atoms with van der Waals surface area (Å²) in [6, 6.07) is 0. The quantitative estimate of drug-likeness (QED) is 0.595. The van der Waals surface area contributed by atoms with E-state index in [4.69, 9.17) is 0 Å². The maximum Gasteiger partial charge on any atom is 0.416 e. The van der Waals surface area contributed by atoms with Crippen molar-refractivity contribution in [3.8, 4) is 0 Å². The molecule has 0 atom stereocenters. The van der Waals surface area contributed by atoms with Gasteiger partial charge < -0.3 is 0 Å². The minimum absolute atomic E-state index is 0.604. The van der Waals surface area contributed by atoms with Crippen LogP contribution >= 0.6 is 0 Å². The maximum absolute atomic E-state index is 12.4. The van der Waals surface area contributed by atoms with Gasteiger partial charge in [0.05, 0.1) is 5.57 Å². The average Bonchev–Trinajstić information content (AvgIpc) is 2.16. The average molecular weight is 218 g/mol. The van der Waals surface area contributed by atoms with Gasteiger partial charge in [0, 0.05) is 0 Å². The highest BCUT2D eigenvalue weighted by atomic mass is 19.4. The van der Waals surface area contributed by atoms with Crippen molar-refractivity contribution >= 4 is 0 Å². The van der Waals surface area contributed by atoms with E-state index in [1.54, 1.807) is 0 Å². The van der Waals surface area contributed by atoms with Crippen molar-refractivity contribution in [2.45, 2.75) is 39.8 Å². The third kappa shape index (κ3) is 4.36. The number of hydrogen-bond donors (Lipinski definition) is 0. The zero-order valence-electron chi connectivity index (χ0n) is 9.41. The molecule has 0 aliphatic carbocycles. The van der Waals surface area contributed by atoms with E-state index in [2.05, 4.69) is 6.58 Å². The van der Waals surface area contributed by atoms with Crippen molar-refractivity contribution in [2.75, 3.05) is 0 Å². The number of alkyl halides is 3. The Morgan fingerprint density at radius 3 is 2.00 bits per heavy atom. The molecule has 0 bridgehead atoms. The van der Waals surface area contributed by atoms with Crippen molar-refractivity contribution < 1.29 is 13.2 Å². The van der Waals surface area contributed by atoms with Crippen molar-refractivity contribution in [3.63, 3.8) is 0 Å². The first-order chi connectivity index (χ1) is 6.86. The van der Waals surface area contributed by atoms with Gasteiger partial charge in [-0.25, -0.2) is 0 Å². The third-order valence-corrected chi connectivity index (χ3v) is 2.34. The minimum atomic E-state index is -4.31. The molecule has 0 aliphatic rings. The van der Waals surface area contributed by atoms with Crippen LogP contribution in [0.2, 0.25) is 0 Å². The van der Waals surface area contributed by atoms with Crippen LogP contribution in [0.3, 0.4) is 0 Å². The SMILES string of the molecule is C=C/C(=C\C(CC)=C(/C)CC)C(F)(F)F. The van der Waals surface area contributed by atoms with Crippen LogP contribution in [0.25, 0.3) is 0 Å². The zero-order valence-corrected chi connectivity index (χ0v) is 9.41. The molecule has 0 heterocycles.